The molecular formula is C20H23N3O3. The van der Waals surface area contributed by atoms with Gasteiger partial charge < -0.3 is 20.5 Å². The normalized spacial score (nSPS) is 15.9. The van der Waals surface area contributed by atoms with Gasteiger partial charge in [-0.05, 0) is 48.2 Å². The molecule has 3 rings (SSSR count). The third-order valence-corrected chi connectivity index (χ3v) is 4.26. The Bertz CT molecular complexity index is 770. The van der Waals surface area contributed by atoms with Gasteiger partial charge in [0.1, 0.15) is 12.4 Å². The predicted molar refractivity (Wildman–Crippen MR) is 101 cm³/mol. The monoisotopic (exact) mass is 353 g/mol. The van der Waals surface area contributed by atoms with E-state index in [0.29, 0.717) is 13.0 Å². The Morgan fingerprint density at radius 1 is 1.19 bits per heavy atom. The summed E-state index contributed by atoms with van der Waals surface area (Å²) in [5.74, 6) is 0.734. The van der Waals surface area contributed by atoms with Crippen LogP contribution in [-0.4, -0.2) is 31.7 Å². The molecule has 1 amide bonds. The maximum atomic E-state index is 12.2. The molecule has 0 fully saturated rings. The number of hydrogen-bond acceptors (Lipinski definition) is 5. The van der Waals surface area contributed by atoms with E-state index in [-0.39, 0.29) is 18.0 Å². The maximum Gasteiger partial charge on any atom is 0.282 e. The van der Waals surface area contributed by atoms with Crippen molar-refractivity contribution in [2.45, 2.75) is 25.3 Å². The van der Waals surface area contributed by atoms with Gasteiger partial charge in [0.25, 0.3) is 6.02 Å². The second-order valence-electron chi connectivity index (χ2n) is 6.24. The van der Waals surface area contributed by atoms with Crippen molar-refractivity contribution in [2.24, 2.45) is 10.7 Å². The number of aliphatic imine (C=N–C) groups is 1. The van der Waals surface area contributed by atoms with Crippen molar-refractivity contribution in [3.05, 3.63) is 59.7 Å². The van der Waals surface area contributed by atoms with E-state index in [2.05, 4.69) is 10.3 Å². The number of nitrogens with one attached hydrogen (secondary N) is 1. The fourth-order valence-corrected chi connectivity index (χ4v) is 2.81. The SMILES string of the molecule is COc1ccc(CC(=O)Nc2ccc(CCC3COC(N)=N3)cc2)cc1. The molecule has 0 saturated heterocycles. The lowest BCUT2D eigenvalue weighted by Gasteiger charge is -2.08. The zero-order valence-corrected chi connectivity index (χ0v) is 14.8. The number of carbonyl (C=O) groups excluding carboxylic acids is 1. The first-order chi connectivity index (χ1) is 12.6. The van der Waals surface area contributed by atoms with Crippen LogP contribution in [0.4, 0.5) is 5.69 Å². The average molecular weight is 353 g/mol. The topological polar surface area (TPSA) is 85.9 Å². The molecule has 1 unspecified atom stereocenters. The van der Waals surface area contributed by atoms with Crippen LogP contribution in [0.25, 0.3) is 0 Å². The Kier molecular flexibility index (Phi) is 5.73. The molecule has 0 spiro atoms. The number of ether oxygens (including phenoxy) is 2. The summed E-state index contributed by atoms with van der Waals surface area (Å²) in [6.45, 7) is 0.561. The second-order valence-corrected chi connectivity index (χ2v) is 6.24. The van der Waals surface area contributed by atoms with Crippen LogP contribution in [0.15, 0.2) is 53.5 Å². The first kappa shape index (κ1) is 17.8. The number of amidine groups is 1. The van der Waals surface area contributed by atoms with Gasteiger partial charge in [-0.3, -0.25) is 4.79 Å². The Labute approximate surface area is 153 Å². The molecule has 3 N–H and O–H groups in total. The number of nitrogens with zero attached hydrogens (tertiary/aromatic N) is 1. The van der Waals surface area contributed by atoms with E-state index in [1.165, 1.54) is 5.56 Å². The van der Waals surface area contributed by atoms with Gasteiger partial charge in [-0.15, -0.1) is 0 Å². The molecule has 0 bridgehead atoms. The van der Waals surface area contributed by atoms with Crippen molar-refractivity contribution in [1.29, 1.82) is 0 Å². The number of benzene rings is 2. The van der Waals surface area contributed by atoms with E-state index in [0.717, 1.165) is 29.8 Å². The van der Waals surface area contributed by atoms with Crippen molar-refractivity contribution < 1.29 is 14.3 Å². The number of rotatable bonds is 7. The molecule has 136 valence electrons. The van der Waals surface area contributed by atoms with Crippen molar-refractivity contribution in [3.8, 4) is 5.75 Å². The van der Waals surface area contributed by atoms with Crippen molar-refractivity contribution in [3.63, 3.8) is 0 Å². The lowest BCUT2D eigenvalue weighted by atomic mass is 10.1. The Balaban J connectivity index is 1.47. The summed E-state index contributed by atoms with van der Waals surface area (Å²) in [7, 11) is 1.62. The fourth-order valence-electron chi connectivity index (χ4n) is 2.81. The number of hydrogen-bond donors (Lipinski definition) is 2. The number of anilines is 1. The second kappa shape index (κ2) is 8.38. The molecule has 1 aliphatic rings. The van der Waals surface area contributed by atoms with E-state index in [1.54, 1.807) is 7.11 Å². The molecule has 2 aromatic rings. The predicted octanol–water partition coefficient (Wildman–Crippen LogP) is 2.52. The van der Waals surface area contributed by atoms with Gasteiger partial charge in [0.15, 0.2) is 0 Å². The summed E-state index contributed by atoms with van der Waals surface area (Å²) >= 11 is 0. The Morgan fingerprint density at radius 2 is 1.88 bits per heavy atom. The van der Waals surface area contributed by atoms with E-state index >= 15 is 0 Å². The van der Waals surface area contributed by atoms with Gasteiger partial charge in [0.2, 0.25) is 5.91 Å². The molecule has 6 heteroatoms. The summed E-state index contributed by atoms with van der Waals surface area (Å²) < 4.78 is 10.3. The average Bonchev–Trinajstić information content (AvgIpc) is 3.07. The summed E-state index contributed by atoms with van der Waals surface area (Å²) in [5.41, 5.74) is 8.44. The summed E-state index contributed by atoms with van der Waals surface area (Å²) in [5, 5.41) is 2.92. The molecule has 1 atom stereocenters. The standard InChI is InChI=1S/C20H23N3O3/c1-25-18-10-5-15(6-11-18)12-19(24)22-16-7-2-14(3-8-16)4-9-17-13-26-20(21)23-17/h2-3,5-8,10-11,17H,4,9,12-13H2,1H3,(H2,21,23)(H,22,24). The van der Waals surface area contributed by atoms with Crippen LogP contribution in [0.3, 0.4) is 0 Å². The highest BCUT2D eigenvalue weighted by Crippen LogP contribution is 2.16. The van der Waals surface area contributed by atoms with E-state index < -0.39 is 0 Å². The minimum Gasteiger partial charge on any atom is -0.497 e. The molecule has 1 aliphatic heterocycles. The van der Waals surface area contributed by atoms with Gasteiger partial charge in [0.05, 0.1) is 19.6 Å². The van der Waals surface area contributed by atoms with Crippen molar-refractivity contribution in [2.75, 3.05) is 19.0 Å². The third-order valence-electron chi connectivity index (χ3n) is 4.26. The molecule has 0 radical (unpaired) electrons. The van der Waals surface area contributed by atoms with Crippen LogP contribution >= 0.6 is 0 Å². The van der Waals surface area contributed by atoms with Gasteiger partial charge >= 0.3 is 0 Å². The quantitative estimate of drug-likeness (QED) is 0.801. The Morgan fingerprint density at radius 3 is 2.50 bits per heavy atom. The van der Waals surface area contributed by atoms with Crippen LogP contribution in [0.5, 0.6) is 5.75 Å². The zero-order chi connectivity index (χ0) is 18.4. The molecular weight excluding hydrogens is 330 g/mol. The molecule has 0 saturated carbocycles. The number of aryl methyl sites for hydroxylation is 1. The smallest absolute Gasteiger partial charge is 0.282 e. The van der Waals surface area contributed by atoms with Gasteiger partial charge in [-0.1, -0.05) is 24.3 Å². The van der Waals surface area contributed by atoms with Crippen LogP contribution in [-0.2, 0) is 22.4 Å². The molecule has 6 nitrogen and oxygen atoms in total. The van der Waals surface area contributed by atoms with Crippen molar-refractivity contribution in [1.82, 2.24) is 0 Å². The highest BCUT2D eigenvalue weighted by molar-refractivity contribution is 5.92. The third kappa shape index (κ3) is 4.99. The molecule has 26 heavy (non-hydrogen) atoms. The zero-order valence-electron chi connectivity index (χ0n) is 14.8. The van der Waals surface area contributed by atoms with Crippen LogP contribution < -0.4 is 15.8 Å². The number of amides is 1. The first-order valence-electron chi connectivity index (χ1n) is 8.60. The molecule has 1 heterocycles. The van der Waals surface area contributed by atoms with Crippen LogP contribution in [0.2, 0.25) is 0 Å². The van der Waals surface area contributed by atoms with Crippen LogP contribution in [0, 0.1) is 0 Å². The number of nitrogens with two attached hydrogens (primary N) is 1. The lowest BCUT2D eigenvalue weighted by Crippen LogP contribution is -2.14. The minimum atomic E-state index is -0.0455. The maximum absolute atomic E-state index is 12.2. The van der Waals surface area contributed by atoms with E-state index in [1.807, 2.05) is 48.5 Å². The summed E-state index contributed by atoms with van der Waals surface area (Å²) in [6, 6.07) is 15.8. The van der Waals surface area contributed by atoms with E-state index in [9.17, 15) is 4.79 Å². The molecule has 0 aliphatic carbocycles. The van der Waals surface area contributed by atoms with Crippen molar-refractivity contribution >= 4 is 17.6 Å². The summed E-state index contributed by atoms with van der Waals surface area (Å²) in [6.07, 6.45) is 2.11. The highest BCUT2D eigenvalue weighted by Gasteiger charge is 2.16. The molecule has 0 aromatic heterocycles. The Hall–Kier alpha value is -3.02. The van der Waals surface area contributed by atoms with E-state index in [4.69, 9.17) is 15.2 Å². The highest BCUT2D eigenvalue weighted by atomic mass is 16.5. The fraction of sp³-hybridized carbons (Fsp3) is 0.300. The summed E-state index contributed by atoms with van der Waals surface area (Å²) in [4.78, 5) is 16.4. The number of carbonyl (C=O) groups is 1. The lowest BCUT2D eigenvalue weighted by molar-refractivity contribution is -0.115. The molecule has 2 aromatic carbocycles. The van der Waals surface area contributed by atoms with Crippen LogP contribution in [0.1, 0.15) is 17.5 Å². The first-order valence-corrected chi connectivity index (χ1v) is 8.60. The van der Waals surface area contributed by atoms with Gasteiger partial charge in [-0.25, -0.2) is 4.99 Å². The number of methoxy groups -OCH3 is 1. The minimum absolute atomic E-state index is 0.0455. The van der Waals surface area contributed by atoms with Gasteiger partial charge in [0, 0.05) is 5.69 Å². The van der Waals surface area contributed by atoms with Gasteiger partial charge in [-0.2, -0.15) is 0 Å². The largest absolute Gasteiger partial charge is 0.497 e.